The number of nitrogens with zero attached hydrogens (tertiary/aromatic N) is 2. The zero-order chi connectivity index (χ0) is 27.6. The Morgan fingerprint density at radius 2 is 1.62 bits per heavy atom. The lowest BCUT2D eigenvalue weighted by Crippen LogP contribution is -2.30. The van der Waals surface area contributed by atoms with Crippen LogP contribution in [-0.4, -0.2) is 16.8 Å². The molecule has 7 heteroatoms. The number of hydrogen-bond acceptors (Lipinski definition) is 4. The lowest BCUT2D eigenvalue weighted by Gasteiger charge is -2.23. The molecule has 0 aliphatic carbocycles. The molecule has 2 N–H and O–H groups in total. The van der Waals surface area contributed by atoms with Crippen molar-refractivity contribution in [1.82, 2.24) is 4.98 Å². The molecule has 0 saturated carbocycles. The Kier molecular flexibility index (Phi) is 6.76. The molecule has 40 heavy (non-hydrogen) atoms. The van der Waals surface area contributed by atoms with Gasteiger partial charge in [0.05, 0.1) is 22.9 Å². The maximum absolute atomic E-state index is 14.0. The van der Waals surface area contributed by atoms with Gasteiger partial charge in [-0.05, 0) is 65.6 Å². The van der Waals surface area contributed by atoms with E-state index in [1.807, 2.05) is 91.9 Å². The van der Waals surface area contributed by atoms with Crippen LogP contribution in [0.2, 0.25) is 5.02 Å². The third-order valence-corrected chi connectivity index (χ3v) is 7.28. The maximum Gasteiger partial charge on any atom is 0.259 e. The third kappa shape index (κ3) is 4.81. The van der Waals surface area contributed by atoms with E-state index < -0.39 is 0 Å². The lowest BCUT2D eigenvalue weighted by atomic mass is 9.99. The van der Waals surface area contributed by atoms with Crippen LogP contribution < -0.4 is 15.5 Å². The van der Waals surface area contributed by atoms with Gasteiger partial charge in [0.1, 0.15) is 0 Å². The minimum absolute atomic E-state index is 0.209. The first-order valence-electron chi connectivity index (χ1n) is 12.9. The van der Waals surface area contributed by atoms with Gasteiger partial charge in [0, 0.05) is 23.0 Å². The van der Waals surface area contributed by atoms with Crippen LogP contribution in [-0.2, 0) is 6.54 Å². The van der Waals surface area contributed by atoms with Crippen LogP contribution in [0.15, 0.2) is 109 Å². The van der Waals surface area contributed by atoms with Crippen LogP contribution in [0.4, 0.5) is 22.9 Å². The van der Waals surface area contributed by atoms with Gasteiger partial charge in [0.2, 0.25) is 0 Å². The molecule has 0 spiro atoms. The summed E-state index contributed by atoms with van der Waals surface area (Å²) in [5.74, 6) is 0.111. The second-order valence-corrected chi connectivity index (χ2v) is 9.96. The number of pyridine rings is 1. The second kappa shape index (κ2) is 10.7. The van der Waals surface area contributed by atoms with Crippen molar-refractivity contribution in [2.24, 2.45) is 0 Å². The smallest absolute Gasteiger partial charge is 0.259 e. The first-order valence-corrected chi connectivity index (χ1v) is 13.2. The normalized spacial score (nSPS) is 12.0. The molecule has 0 fully saturated rings. The predicted octanol–water partition coefficient (Wildman–Crippen LogP) is 7.87. The van der Waals surface area contributed by atoms with Crippen LogP contribution in [0.1, 0.15) is 31.8 Å². The van der Waals surface area contributed by atoms with Crippen molar-refractivity contribution in [3.8, 4) is 11.1 Å². The fourth-order valence-electron chi connectivity index (χ4n) is 4.95. The van der Waals surface area contributed by atoms with Crippen molar-refractivity contribution in [2.75, 3.05) is 15.5 Å². The molecule has 1 aromatic heterocycles. The monoisotopic (exact) mass is 544 g/mol. The van der Waals surface area contributed by atoms with E-state index in [4.69, 9.17) is 11.6 Å². The van der Waals surface area contributed by atoms with E-state index in [2.05, 4.69) is 15.6 Å². The highest BCUT2D eigenvalue weighted by molar-refractivity contribution is 6.34. The molecule has 6 nitrogen and oxygen atoms in total. The first kappa shape index (κ1) is 25.3. The molecule has 1 aliphatic rings. The summed E-state index contributed by atoms with van der Waals surface area (Å²) in [4.78, 5) is 33.5. The topological polar surface area (TPSA) is 74.3 Å². The number of aromatic nitrogens is 1. The van der Waals surface area contributed by atoms with Gasteiger partial charge in [-0.2, -0.15) is 0 Å². The molecule has 0 atom stereocenters. The number of benzene rings is 4. The molecule has 196 valence electrons. The summed E-state index contributed by atoms with van der Waals surface area (Å²) in [7, 11) is 0. The molecular formula is C33H25ClN4O2. The standard InChI is InChI=1S/C33H25ClN4O2/c1-21-18-29(37-32(39)25-14-7-6-13-24(25)22-10-3-2-4-11-22)27(34)19-26(21)33(40)38-20-23-12-5-8-15-28(23)36-31-30(38)16-9-17-35-31/h2-19H,20H2,1H3,(H,35,36)(H,37,39). The van der Waals surface area contributed by atoms with Gasteiger partial charge in [-0.15, -0.1) is 0 Å². The summed E-state index contributed by atoms with van der Waals surface area (Å²) in [6.45, 7) is 2.21. The number of nitrogens with one attached hydrogen (secondary N) is 2. The first-order chi connectivity index (χ1) is 19.5. The van der Waals surface area contributed by atoms with E-state index >= 15 is 0 Å². The summed E-state index contributed by atoms with van der Waals surface area (Å²) >= 11 is 6.68. The molecule has 4 aromatic carbocycles. The van der Waals surface area contributed by atoms with E-state index in [0.29, 0.717) is 40.4 Å². The van der Waals surface area contributed by atoms with Crippen molar-refractivity contribution in [3.63, 3.8) is 0 Å². The highest BCUT2D eigenvalue weighted by atomic mass is 35.5. The summed E-state index contributed by atoms with van der Waals surface area (Å²) in [5, 5.41) is 6.57. The van der Waals surface area contributed by atoms with E-state index in [-0.39, 0.29) is 16.8 Å². The number of para-hydroxylation sites is 1. The lowest BCUT2D eigenvalue weighted by molar-refractivity contribution is 0.0983. The van der Waals surface area contributed by atoms with Gasteiger partial charge in [0.25, 0.3) is 11.8 Å². The van der Waals surface area contributed by atoms with Gasteiger partial charge in [-0.25, -0.2) is 4.98 Å². The van der Waals surface area contributed by atoms with Crippen LogP contribution in [0.25, 0.3) is 11.1 Å². The average Bonchev–Trinajstić information content (AvgIpc) is 3.16. The van der Waals surface area contributed by atoms with E-state index in [1.165, 1.54) is 0 Å². The number of fused-ring (bicyclic) bond motifs is 2. The SMILES string of the molecule is Cc1cc(NC(=O)c2ccccc2-c2ccccc2)c(Cl)cc1C(=O)N1Cc2ccccc2Nc2ncccc21. The number of rotatable bonds is 4. The van der Waals surface area contributed by atoms with E-state index in [9.17, 15) is 9.59 Å². The zero-order valence-electron chi connectivity index (χ0n) is 21.7. The Morgan fingerprint density at radius 3 is 2.48 bits per heavy atom. The third-order valence-electron chi connectivity index (χ3n) is 6.97. The van der Waals surface area contributed by atoms with Crippen molar-refractivity contribution in [2.45, 2.75) is 13.5 Å². The molecule has 2 amide bonds. The Labute approximate surface area is 237 Å². The number of anilines is 4. The van der Waals surface area contributed by atoms with Gasteiger partial charge >= 0.3 is 0 Å². The number of amides is 2. The number of aryl methyl sites for hydroxylation is 1. The number of halogens is 1. The molecule has 2 heterocycles. The molecule has 0 bridgehead atoms. The summed E-state index contributed by atoms with van der Waals surface area (Å²) < 4.78 is 0. The zero-order valence-corrected chi connectivity index (χ0v) is 22.4. The molecule has 0 saturated heterocycles. The van der Waals surface area contributed by atoms with Crippen LogP contribution in [0.5, 0.6) is 0 Å². The van der Waals surface area contributed by atoms with Crippen LogP contribution in [0, 0.1) is 6.92 Å². The molecule has 0 unspecified atom stereocenters. The fourth-order valence-corrected chi connectivity index (χ4v) is 5.16. The minimum Gasteiger partial charge on any atom is -0.338 e. The van der Waals surface area contributed by atoms with Crippen molar-refractivity contribution in [1.29, 1.82) is 0 Å². The van der Waals surface area contributed by atoms with Crippen molar-refractivity contribution in [3.05, 3.63) is 137 Å². The summed E-state index contributed by atoms with van der Waals surface area (Å²) in [6, 6.07) is 32.1. The quantitative estimate of drug-likeness (QED) is 0.241. The Hall–Kier alpha value is -4.94. The van der Waals surface area contributed by atoms with Gasteiger partial charge < -0.3 is 15.5 Å². The molecule has 1 aliphatic heterocycles. The average molecular weight is 545 g/mol. The number of carbonyl (C=O) groups excluding carboxylic acids is 2. The van der Waals surface area contributed by atoms with Crippen LogP contribution in [0.3, 0.4) is 0 Å². The van der Waals surface area contributed by atoms with Crippen molar-refractivity contribution >= 4 is 46.3 Å². The van der Waals surface area contributed by atoms with E-state index in [0.717, 1.165) is 22.4 Å². The summed E-state index contributed by atoms with van der Waals surface area (Å²) in [5.41, 5.74) is 6.42. The van der Waals surface area contributed by atoms with Crippen molar-refractivity contribution < 1.29 is 9.59 Å². The number of hydrogen-bond donors (Lipinski definition) is 2. The molecular weight excluding hydrogens is 520 g/mol. The fraction of sp³-hybridized carbons (Fsp3) is 0.0606. The highest BCUT2D eigenvalue weighted by Crippen LogP contribution is 2.36. The van der Waals surface area contributed by atoms with Crippen LogP contribution >= 0.6 is 11.6 Å². The molecule has 5 aromatic rings. The Bertz CT molecular complexity index is 1750. The van der Waals surface area contributed by atoms with Gasteiger partial charge in [-0.3, -0.25) is 9.59 Å². The summed E-state index contributed by atoms with van der Waals surface area (Å²) in [6.07, 6.45) is 1.69. The number of carbonyl (C=O) groups is 2. The van der Waals surface area contributed by atoms with Gasteiger partial charge in [0.15, 0.2) is 5.82 Å². The Balaban J connectivity index is 1.31. The Morgan fingerprint density at radius 1 is 0.875 bits per heavy atom. The highest BCUT2D eigenvalue weighted by Gasteiger charge is 2.27. The molecule has 0 radical (unpaired) electrons. The molecule has 6 rings (SSSR count). The van der Waals surface area contributed by atoms with E-state index in [1.54, 1.807) is 29.3 Å². The maximum atomic E-state index is 14.0. The minimum atomic E-state index is -0.282. The van der Waals surface area contributed by atoms with Gasteiger partial charge in [-0.1, -0.05) is 78.3 Å². The largest absolute Gasteiger partial charge is 0.338 e. The predicted molar refractivity (Wildman–Crippen MR) is 160 cm³/mol. The second-order valence-electron chi connectivity index (χ2n) is 9.56.